The van der Waals surface area contributed by atoms with Gasteiger partial charge in [0.25, 0.3) is 5.91 Å². The summed E-state index contributed by atoms with van der Waals surface area (Å²) in [6, 6.07) is 11.6. The summed E-state index contributed by atoms with van der Waals surface area (Å²) in [7, 11) is 1.58. The molecule has 0 saturated heterocycles. The highest BCUT2D eigenvalue weighted by Crippen LogP contribution is 2.20. The first kappa shape index (κ1) is 20.7. The predicted molar refractivity (Wildman–Crippen MR) is 110 cm³/mol. The molecule has 9 heteroatoms. The van der Waals surface area contributed by atoms with Crippen molar-refractivity contribution in [2.45, 2.75) is 0 Å². The third kappa shape index (κ3) is 6.56. The summed E-state index contributed by atoms with van der Waals surface area (Å²) in [5.41, 5.74) is 5.79. The maximum atomic E-state index is 12.0. The van der Waals surface area contributed by atoms with E-state index in [1.165, 1.54) is 24.3 Å². The van der Waals surface area contributed by atoms with Gasteiger partial charge in [-0.25, -0.2) is 0 Å². The van der Waals surface area contributed by atoms with Gasteiger partial charge in [0.05, 0.1) is 17.7 Å². The highest BCUT2D eigenvalue weighted by molar-refractivity contribution is 7.80. The summed E-state index contributed by atoms with van der Waals surface area (Å²) in [5, 5.41) is 2.94. The van der Waals surface area contributed by atoms with Crippen molar-refractivity contribution < 1.29 is 14.3 Å². The van der Waals surface area contributed by atoms with Gasteiger partial charge < -0.3 is 4.74 Å². The number of methoxy groups -OCH3 is 1. The number of rotatable bonds is 4. The van der Waals surface area contributed by atoms with Crippen LogP contribution in [-0.4, -0.2) is 24.0 Å². The lowest BCUT2D eigenvalue weighted by Crippen LogP contribution is -2.48. The van der Waals surface area contributed by atoms with Crippen LogP contribution in [0.15, 0.2) is 48.5 Å². The van der Waals surface area contributed by atoms with Gasteiger partial charge >= 0.3 is 0 Å². The Hall–Kier alpha value is -2.61. The number of halogens is 2. The van der Waals surface area contributed by atoms with E-state index in [-0.39, 0.29) is 15.7 Å². The van der Waals surface area contributed by atoms with E-state index in [2.05, 4.69) is 16.2 Å². The number of thiocarbonyl (C=S) groups is 1. The van der Waals surface area contributed by atoms with Gasteiger partial charge in [0.15, 0.2) is 5.11 Å². The van der Waals surface area contributed by atoms with E-state index in [1.807, 2.05) is 0 Å². The fraction of sp³-hybridized carbons (Fsp3) is 0.0556. The maximum Gasteiger partial charge on any atom is 0.271 e. The zero-order valence-electron chi connectivity index (χ0n) is 14.1. The van der Waals surface area contributed by atoms with Crippen LogP contribution in [0.2, 0.25) is 10.0 Å². The van der Waals surface area contributed by atoms with Crippen molar-refractivity contribution in [1.29, 1.82) is 0 Å². The van der Waals surface area contributed by atoms with E-state index in [1.54, 1.807) is 37.5 Å². The Morgan fingerprint density at radius 3 is 2.41 bits per heavy atom. The fourth-order valence-corrected chi connectivity index (χ4v) is 2.57. The van der Waals surface area contributed by atoms with Gasteiger partial charge in [0, 0.05) is 11.1 Å². The van der Waals surface area contributed by atoms with Crippen LogP contribution in [0.5, 0.6) is 5.75 Å². The second-order valence-corrected chi connectivity index (χ2v) is 6.38. The molecule has 27 heavy (non-hydrogen) atoms. The van der Waals surface area contributed by atoms with E-state index in [9.17, 15) is 9.59 Å². The summed E-state index contributed by atoms with van der Waals surface area (Å²) in [5.74, 6) is -0.261. The predicted octanol–water partition coefficient (Wildman–Crippen LogP) is 3.35. The average molecular weight is 424 g/mol. The number of benzene rings is 2. The van der Waals surface area contributed by atoms with Crippen LogP contribution in [0.3, 0.4) is 0 Å². The van der Waals surface area contributed by atoms with Crippen LogP contribution in [0.25, 0.3) is 6.08 Å². The summed E-state index contributed by atoms with van der Waals surface area (Å²) >= 11 is 16.7. The Labute approximate surface area is 171 Å². The second-order valence-electron chi connectivity index (χ2n) is 5.13. The zero-order valence-corrected chi connectivity index (χ0v) is 16.4. The molecule has 0 saturated carbocycles. The number of hydrazine groups is 1. The van der Waals surface area contributed by atoms with E-state index in [0.29, 0.717) is 5.02 Å². The molecule has 0 unspecified atom stereocenters. The molecule has 6 nitrogen and oxygen atoms in total. The Balaban J connectivity index is 1.82. The summed E-state index contributed by atoms with van der Waals surface area (Å²) in [4.78, 5) is 23.9. The van der Waals surface area contributed by atoms with Crippen LogP contribution < -0.4 is 20.9 Å². The van der Waals surface area contributed by atoms with Crippen LogP contribution in [0.4, 0.5) is 0 Å². The van der Waals surface area contributed by atoms with E-state index < -0.39 is 11.8 Å². The zero-order chi connectivity index (χ0) is 19.8. The Kier molecular flexibility index (Phi) is 7.60. The molecular formula is C18H15Cl2N3O3S. The van der Waals surface area contributed by atoms with E-state index in [0.717, 1.165) is 11.3 Å². The molecule has 2 aromatic carbocycles. The first-order chi connectivity index (χ1) is 12.9. The number of carbonyl (C=O) groups excluding carboxylic acids is 2. The number of amides is 2. The Bertz CT molecular complexity index is 886. The lowest BCUT2D eigenvalue weighted by atomic mass is 10.2. The number of ether oxygens (including phenoxy) is 1. The molecule has 2 rings (SSSR count). The van der Waals surface area contributed by atoms with Crippen molar-refractivity contribution in [2.24, 2.45) is 0 Å². The van der Waals surface area contributed by atoms with Gasteiger partial charge in [-0.3, -0.25) is 25.8 Å². The lowest BCUT2D eigenvalue weighted by Gasteiger charge is -2.10. The Morgan fingerprint density at radius 2 is 1.78 bits per heavy atom. The first-order valence-corrected chi connectivity index (χ1v) is 8.74. The molecule has 0 aliphatic heterocycles. The van der Waals surface area contributed by atoms with Gasteiger partial charge in [-0.05, 0) is 54.2 Å². The topological polar surface area (TPSA) is 79.5 Å². The highest BCUT2D eigenvalue weighted by Gasteiger charge is 2.11. The summed E-state index contributed by atoms with van der Waals surface area (Å²) < 4.78 is 5.06. The molecule has 0 fully saturated rings. The van der Waals surface area contributed by atoms with Gasteiger partial charge in [-0.2, -0.15) is 0 Å². The van der Waals surface area contributed by atoms with E-state index >= 15 is 0 Å². The molecule has 0 aromatic heterocycles. The average Bonchev–Trinajstić information content (AvgIpc) is 2.65. The number of hydrogen-bond donors (Lipinski definition) is 3. The minimum atomic E-state index is -0.526. The molecule has 0 spiro atoms. The highest BCUT2D eigenvalue weighted by atomic mass is 35.5. The van der Waals surface area contributed by atoms with Gasteiger partial charge in [0.1, 0.15) is 5.75 Å². The lowest BCUT2D eigenvalue weighted by molar-refractivity contribution is -0.115. The molecule has 140 valence electrons. The molecular weight excluding hydrogens is 409 g/mol. The smallest absolute Gasteiger partial charge is 0.271 e. The molecule has 0 radical (unpaired) electrons. The van der Waals surface area contributed by atoms with Gasteiger partial charge in [-0.15, -0.1) is 0 Å². The van der Waals surface area contributed by atoms with Crippen molar-refractivity contribution in [2.75, 3.05) is 7.11 Å². The Morgan fingerprint density at radius 1 is 1.07 bits per heavy atom. The van der Waals surface area contributed by atoms with E-state index in [4.69, 9.17) is 40.2 Å². The van der Waals surface area contributed by atoms with Gasteiger partial charge in [0.2, 0.25) is 5.91 Å². The third-order valence-corrected chi connectivity index (χ3v) is 4.00. The molecule has 0 atom stereocenters. The first-order valence-electron chi connectivity index (χ1n) is 7.57. The maximum absolute atomic E-state index is 12.0. The normalized spacial score (nSPS) is 10.3. The second kappa shape index (κ2) is 9.91. The van der Waals surface area contributed by atoms with Crippen molar-refractivity contribution in [1.82, 2.24) is 16.2 Å². The molecule has 0 bridgehead atoms. The number of hydrogen-bond acceptors (Lipinski definition) is 4. The number of carbonyl (C=O) groups is 2. The fourth-order valence-electron chi connectivity index (χ4n) is 1.93. The van der Waals surface area contributed by atoms with Crippen molar-refractivity contribution in [3.8, 4) is 5.75 Å². The summed E-state index contributed by atoms with van der Waals surface area (Å²) in [6.45, 7) is 0. The molecule has 3 N–H and O–H groups in total. The molecule has 0 heterocycles. The third-order valence-electron chi connectivity index (χ3n) is 3.25. The monoisotopic (exact) mass is 423 g/mol. The molecule has 0 aliphatic carbocycles. The van der Waals surface area contributed by atoms with Crippen LogP contribution in [0, 0.1) is 0 Å². The van der Waals surface area contributed by atoms with Crippen LogP contribution >= 0.6 is 35.4 Å². The molecule has 2 aromatic rings. The van der Waals surface area contributed by atoms with Crippen molar-refractivity contribution in [3.05, 3.63) is 69.7 Å². The molecule has 0 aliphatic rings. The minimum absolute atomic E-state index is 0.0715. The number of nitrogens with one attached hydrogen (secondary N) is 3. The van der Waals surface area contributed by atoms with Crippen LogP contribution in [-0.2, 0) is 4.79 Å². The molecule has 2 amide bonds. The largest absolute Gasteiger partial charge is 0.497 e. The van der Waals surface area contributed by atoms with Gasteiger partial charge in [-0.1, -0.05) is 35.3 Å². The SMILES string of the molecule is COc1ccc(/C=C/C(=O)NC(=S)NNC(=O)c2ccc(Cl)cc2Cl)cc1. The van der Waals surface area contributed by atoms with Crippen molar-refractivity contribution in [3.63, 3.8) is 0 Å². The minimum Gasteiger partial charge on any atom is -0.497 e. The van der Waals surface area contributed by atoms with Crippen LogP contribution in [0.1, 0.15) is 15.9 Å². The summed E-state index contributed by atoms with van der Waals surface area (Å²) in [6.07, 6.45) is 2.93. The van der Waals surface area contributed by atoms with Crippen molar-refractivity contribution >= 4 is 58.4 Å². The standard InChI is InChI=1S/C18H15Cl2N3O3S/c1-26-13-6-2-11(3-7-13)4-9-16(24)21-18(27)23-22-17(25)14-8-5-12(19)10-15(14)20/h2-10H,1H3,(H,22,25)(H2,21,23,24,27)/b9-4+. The quantitative estimate of drug-likeness (QED) is 0.399.